The van der Waals surface area contributed by atoms with Crippen LogP contribution < -0.4 is 5.56 Å². The molecule has 0 bridgehead atoms. The van der Waals surface area contributed by atoms with Gasteiger partial charge in [-0.3, -0.25) is 4.79 Å². The smallest absolute Gasteiger partial charge is 0.267 e. The van der Waals surface area contributed by atoms with Crippen LogP contribution in [-0.4, -0.2) is 24.7 Å². The van der Waals surface area contributed by atoms with Crippen LogP contribution >= 0.6 is 11.8 Å². The molecule has 0 saturated heterocycles. The van der Waals surface area contributed by atoms with Crippen LogP contribution in [0.4, 0.5) is 0 Å². The Labute approximate surface area is 188 Å². The fourth-order valence-corrected chi connectivity index (χ4v) is 4.15. The van der Waals surface area contributed by atoms with E-state index in [9.17, 15) is 4.79 Å². The van der Waals surface area contributed by atoms with Gasteiger partial charge in [-0.05, 0) is 43.7 Å². The second kappa shape index (κ2) is 8.39. The van der Waals surface area contributed by atoms with Gasteiger partial charge < -0.3 is 4.52 Å². The summed E-state index contributed by atoms with van der Waals surface area (Å²) in [5, 5.41) is 5.14. The highest BCUT2D eigenvalue weighted by molar-refractivity contribution is 7.98. The van der Waals surface area contributed by atoms with Gasteiger partial charge in [-0.1, -0.05) is 58.9 Å². The molecule has 32 heavy (non-hydrogen) atoms. The van der Waals surface area contributed by atoms with Crippen LogP contribution in [0.15, 0.2) is 81.3 Å². The van der Waals surface area contributed by atoms with Crippen LogP contribution in [0.5, 0.6) is 0 Å². The Balaban J connectivity index is 1.51. The molecule has 8 heteroatoms. The molecule has 0 aliphatic heterocycles. The van der Waals surface area contributed by atoms with E-state index in [0.717, 1.165) is 16.7 Å². The molecule has 158 valence electrons. The van der Waals surface area contributed by atoms with E-state index in [0.29, 0.717) is 39.3 Å². The number of hydrogen-bond acceptors (Lipinski definition) is 7. The third-order valence-corrected chi connectivity index (χ3v) is 5.90. The molecule has 0 atom stereocenters. The van der Waals surface area contributed by atoms with Crippen molar-refractivity contribution in [3.63, 3.8) is 0 Å². The highest BCUT2D eigenvalue weighted by Crippen LogP contribution is 2.25. The summed E-state index contributed by atoms with van der Waals surface area (Å²) in [6.45, 7) is 3.99. The van der Waals surface area contributed by atoms with E-state index in [-0.39, 0.29) is 5.56 Å². The number of benzene rings is 2. The second-order valence-electron chi connectivity index (χ2n) is 7.41. The number of hydrogen-bond donors (Lipinski definition) is 0. The lowest BCUT2D eigenvalue weighted by Crippen LogP contribution is -2.22. The van der Waals surface area contributed by atoms with Crippen LogP contribution in [0.2, 0.25) is 0 Å². The molecule has 0 radical (unpaired) electrons. The number of fused-ring (bicyclic) bond motifs is 1. The molecule has 0 unspecified atom stereocenters. The third-order valence-electron chi connectivity index (χ3n) is 4.98. The Morgan fingerprint density at radius 1 is 0.969 bits per heavy atom. The minimum Gasteiger partial charge on any atom is -0.338 e. The number of thioether (sulfide) groups is 1. The maximum absolute atomic E-state index is 13.3. The molecule has 5 rings (SSSR count). The van der Waals surface area contributed by atoms with Crippen molar-refractivity contribution in [2.24, 2.45) is 0 Å². The van der Waals surface area contributed by atoms with Gasteiger partial charge in [0.15, 0.2) is 5.16 Å². The molecule has 0 spiro atoms. The van der Waals surface area contributed by atoms with Gasteiger partial charge in [-0.15, -0.1) is 0 Å². The highest BCUT2D eigenvalue weighted by Gasteiger charge is 2.16. The molecular formula is C24H19N5O2S. The van der Waals surface area contributed by atoms with Gasteiger partial charge >= 0.3 is 0 Å². The van der Waals surface area contributed by atoms with Crippen molar-refractivity contribution in [3.05, 3.63) is 94.2 Å². The number of aromatic nitrogens is 5. The van der Waals surface area contributed by atoms with Crippen LogP contribution in [-0.2, 0) is 5.75 Å². The molecular weight excluding hydrogens is 422 g/mol. The summed E-state index contributed by atoms with van der Waals surface area (Å²) in [4.78, 5) is 26.9. The first-order valence-electron chi connectivity index (χ1n) is 10.1. The van der Waals surface area contributed by atoms with E-state index in [1.54, 1.807) is 12.3 Å². The predicted octanol–water partition coefficient (Wildman–Crippen LogP) is 4.74. The average Bonchev–Trinajstić information content (AvgIpc) is 3.27. The van der Waals surface area contributed by atoms with Gasteiger partial charge in [0.05, 0.1) is 16.7 Å². The Morgan fingerprint density at radius 2 is 1.78 bits per heavy atom. The van der Waals surface area contributed by atoms with Gasteiger partial charge in [0, 0.05) is 11.8 Å². The molecule has 7 nitrogen and oxygen atoms in total. The van der Waals surface area contributed by atoms with E-state index in [4.69, 9.17) is 9.51 Å². The largest absolute Gasteiger partial charge is 0.338 e. The number of pyridine rings is 1. The first-order chi connectivity index (χ1) is 15.6. The van der Waals surface area contributed by atoms with Crippen LogP contribution in [0.1, 0.15) is 17.0 Å². The molecule has 0 fully saturated rings. The van der Waals surface area contributed by atoms with Crippen molar-refractivity contribution in [3.8, 4) is 17.2 Å². The van der Waals surface area contributed by atoms with Crippen LogP contribution in [0.25, 0.3) is 28.1 Å². The summed E-state index contributed by atoms with van der Waals surface area (Å²) in [6.07, 6.45) is 1.69. The lowest BCUT2D eigenvalue weighted by atomic mass is 10.1. The maximum atomic E-state index is 13.3. The zero-order valence-corrected chi connectivity index (χ0v) is 18.3. The summed E-state index contributed by atoms with van der Waals surface area (Å²) < 4.78 is 6.98. The molecule has 2 aromatic carbocycles. The first-order valence-corrected chi connectivity index (χ1v) is 11.0. The normalized spacial score (nSPS) is 11.2. The van der Waals surface area contributed by atoms with Gasteiger partial charge in [-0.25, -0.2) is 14.5 Å². The Hall–Kier alpha value is -3.78. The zero-order chi connectivity index (χ0) is 22.1. The molecule has 0 aliphatic carbocycles. The van der Waals surface area contributed by atoms with E-state index in [1.165, 1.54) is 16.3 Å². The summed E-state index contributed by atoms with van der Waals surface area (Å²) >= 11 is 1.36. The zero-order valence-electron chi connectivity index (χ0n) is 17.5. The van der Waals surface area contributed by atoms with Crippen molar-refractivity contribution in [1.29, 1.82) is 0 Å². The molecule has 3 heterocycles. The topological polar surface area (TPSA) is 86.7 Å². The SMILES string of the molecule is Cc1ccc(-c2noc(CSc3nc4ccccc4c(=O)n3-c3cc(C)ccn3)n2)cc1. The van der Waals surface area contributed by atoms with Crippen molar-refractivity contribution in [2.45, 2.75) is 24.8 Å². The summed E-state index contributed by atoms with van der Waals surface area (Å²) in [6, 6.07) is 19.0. The van der Waals surface area contributed by atoms with Gasteiger partial charge in [0.25, 0.3) is 5.56 Å². The lowest BCUT2D eigenvalue weighted by molar-refractivity contribution is 0.391. The van der Waals surface area contributed by atoms with Crippen molar-refractivity contribution >= 4 is 22.7 Å². The number of nitrogens with zero attached hydrogens (tertiary/aromatic N) is 5. The Morgan fingerprint density at radius 3 is 2.59 bits per heavy atom. The van der Waals surface area contributed by atoms with Crippen LogP contribution in [0, 0.1) is 13.8 Å². The quantitative estimate of drug-likeness (QED) is 0.288. The fourth-order valence-electron chi connectivity index (χ4n) is 3.31. The van der Waals surface area contributed by atoms with Crippen LogP contribution in [0.3, 0.4) is 0 Å². The van der Waals surface area contributed by atoms with Gasteiger partial charge in [-0.2, -0.15) is 4.98 Å². The summed E-state index contributed by atoms with van der Waals surface area (Å²) in [5.74, 6) is 1.89. The lowest BCUT2D eigenvalue weighted by Gasteiger charge is -2.12. The Bertz CT molecular complexity index is 1470. The van der Waals surface area contributed by atoms with Crippen molar-refractivity contribution in [2.75, 3.05) is 0 Å². The fraction of sp³-hybridized carbons (Fsp3) is 0.125. The second-order valence-corrected chi connectivity index (χ2v) is 8.35. The van der Waals surface area contributed by atoms with E-state index in [2.05, 4.69) is 15.1 Å². The maximum Gasteiger partial charge on any atom is 0.267 e. The number of aryl methyl sites for hydroxylation is 2. The number of rotatable bonds is 5. The third kappa shape index (κ3) is 3.92. The molecule has 5 aromatic rings. The molecule has 0 N–H and O–H groups in total. The van der Waals surface area contributed by atoms with E-state index < -0.39 is 0 Å². The molecule has 0 aliphatic rings. The standard InChI is InChI=1S/C24H19N5O2S/c1-15-7-9-17(10-8-15)22-27-21(31-28-22)14-32-24-26-19-6-4-3-5-18(19)23(30)29(24)20-13-16(2)11-12-25-20/h3-13H,14H2,1-2H3. The Kier molecular flexibility index (Phi) is 5.28. The van der Waals surface area contributed by atoms with Crippen molar-refractivity contribution < 1.29 is 4.52 Å². The molecule has 0 saturated carbocycles. The minimum absolute atomic E-state index is 0.165. The van der Waals surface area contributed by atoms with E-state index in [1.807, 2.05) is 68.4 Å². The number of para-hydroxylation sites is 1. The predicted molar refractivity (Wildman–Crippen MR) is 124 cm³/mol. The van der Waals surface area contributed by atoms with E-state index >= 15 is 0 Å². The van der Waals surface area contributed by atoms with Gasteiger partial charge in [0.1, 0.15) is 5.82 Å². The summed E-state index contributed by atoms with van der Waals surface area (Å²) in [7, 11) is 0. The molecule has 0 amide bonds. The highest BCUT2D eigenvalue weighted by atomic mass is 32.2. The monoisotopic (exact) mass is 441 g/mol. The first kappa shape index (κ1) is 20.1. The van der Waals surface area contributed by atoms with Gasteiger partial charge in [0.2, 0.25) is 11.7 Å². The molecule has 3 aromatic heterocycles. The summed E-state index contributed by atoms with van der Waals surface area (Å²) in [5.41, 5.74) is 3.53. The minimum atomic E-state index is -0.165. The van der Waals surface area contributed by atoms with Crippen molar-refractivity contribution in [1.82, 2.24) is 24.7 Å². The average molecular weight is 442 g/mol.